The summed E-state index contributed by atoms with van der Waals surface area (Å²) in [6.07, 6.45) is 6.18. The van der Waals surface area contributed by atoms with E-state index in [4.69, 9.17) is 4.99 Å². The summed E-state index contributed by atoms with van der Waals surface area (Å²) in [7, 11) is 2.33. The zero-order valence-electron chi connectivity index (χ0n) is 13.2. The summed E-state index contributed by atoms with van der Waals surface area (Å²) in [6.45, 7) is 12.5. The van der Waals surface area contributed by atoms with E-state index in [1.165, 1.54) is 37.2 Å². The lowest BCUT2D eigenvalue weighted by Gasteiger charge is -2.30. The van der Waals surface area contributed by atoms with Crippen LogP contribution in [0.3, 0.4) is 0 Å². The molecule has 0 aromatic carbocycles. The molecule has 0 amide bonds. The number of rotatable bonds is 7. The van der Waals surface area contributed by atoms with E-state index in [2.05, 4.69) is 41.7 Å². The lowest BCUT2D eigenvalue weighted by molar-refractivity contribution is -0.778. The first kappa shape index (κ1) is 15.4. The average Bonchev–Trinajstić information content (AvgIpc) is 2.57. The number of unbranched alkanes of at least 4 members (excludes halogenated alkanes) is 1. The third-order valence-electron chi connectivity index (χ3n) is 4.30. The number of hydrogen-bond acceptors (Lipinski definition) is 1. The smallest absolute Gasteiger partial charge is 0.204 e. The summed E-state index contributed by atoms with van der Waals surface area (Å²) >= 11 is 0. The molecule has 0 bridgehead atoms. The quantitative estimate of drug-likeness (QED) is 0.580. The van der Waals surface area contributed by atoms with E-state index in [0.717, 1.165) is 23.4 Å². The second-order valence-electron chi connectivity index (χ2n) is 6.10. The molecule has 0 saturated heterocycles. The number of amidine groups is 1. The highest BCUT2D eigenvalue weighted by Gasteiger charge is 2.37. The molecule has 1 unspecified atom stereocenters. The zero-order chi connectivity index (χ0) is 13.8. The molecule has 0 saturated carbocycles. The van der Waals surface area contributed by atoms with Gasteiger partial charge >= 0.3 is 0 Å². The Morgan fingerprint density at radius 1 is 1.17 bits per heavy atom. The highest BCUT2D eigenvalue weighted by Crippen LogP contribution is 2.34. The van der Waals surface area contributed by atoms with Crippen molar-refractivity contribution in [2.45, 2.75) is 66.7 Å². The zero-order valence-corrected chi connectivity index (χ0v) is 13.2. The second kappa shape index (κ2) is 6.51. The summed E-state index contributed by atoms with van der Waals surface area (Å²) in [6, 6.07) is 0. The van der Waals surface area contributed by atoms with Crippen LogP contribution in [0.25, 0.3) is 0 Å². The van der Waals surface area contributed by atoms with E-state index < -0.39 is 0 Å². The maximum absolute atomic E-state index is 4.89. The van der Waals surface area contributed by atoms with Crippen molar-refractivity contribution in [2.24, 2.45) is 10.9 Å². The van der Waals surface area contributed by atoms with E-state index >= 15 is 0 Å². The number of nitrogens with zero attached hydrogens (tertiary/aromatic N) is 2. The molecule has 0 aliphatic carbocycles. The van der Waals surface area contributed by atoms with Crippen LogP contribution in [0.5, 0.6) is 0 Å². The Balaban J connectivity index is 2.91. The Kier molecular flexibility index (Phi) is 5.58. The van der Waals surface area contributed by atoms with E-state index in [-0.39, 0.29) is 0 Å². The first-order chi connectivity index (χ1) is 8.45. The molecule has 0 spiro atoms. The van der Waals surface area contributed by atoms with Crippen molar-refractivity contribution in [3.05, 3.63) is 11.4 Å². The molecule has 0 aromatic rings. The fourth-order valence-electron chi connectivity index (χ4n) is 2.63. The SMILES string of the molecule is CCCCC1=C(CCC(C)C)N=C(C)[N+]1(C)CC. The minimum atomic E-state index is 0.765. The Bertz CT molecular complexity index is 339. The molecular formula is C16H31N2+. The minimum absolute atomic E-state index is 0.765. The van der Waals surface area contributed by atoms with Crippen LogP contribution in [-0.4, -0.2) is 23.9 Å². The lowest BCUT2D eigenvalue weighted by atomic mass is 10.0. The van der Waals surface area contributed by atoms with Crippen LogP contribution in [0.15, 0.2) is 16.4 Å². The van der Waals surface area contributed by atoms with Crippen LogP contribution in [0.1, 0.15) is 66.7 Å². The molecule has 1 heterocycles. The van der Waals surface area contributed by atoms with E-state index in [0.29, 0.717) is 0 Å². The molecule has 2 heteroatoms. The Labute approximate surface area is 113 Å². The fraction of sp³-hybridized carbons (Fsp3) is 0.812. The van der Waals surface area contributed by atoms with Gasteiger partial charge in [-0.3, -0.25) is 4.48 Å². The molecule has 1 rings (SSSR count). The van der Waals surface area contributed by atoms with E-state index in [1.54, 1.807) is 5.70 Å². The van der Waals surface area contributed by atoms with Gasteiger partial charge in [-0.15, -0.1) is 0 Å². The topological polar surface area (TPSA) is 12.4 Å². The van der Waals surface area contributed by atoms with Crippen molar-refractivity contribution < 1.29 is 4.48 Å². The summed E-state index contributed by atoms with van der Waals surface area (Å²) in [5, 5.41) is 0. The molecule has 1 atom stereocenters. The third-order valence-corrected chi connectivity index (χ3v) is 4.30. The van der Waals surface area contributed by atoms with Crippen LogP contribution >= 0.6 is 0 Å². The van der Waals surface area contributed by atoms with Crippen molar-refractivity contribution in [1.82, 2.24) is 0 Å². The van der Waals surface area contributed by atoms with Gasteiger partial charge in [0.25, 0.3) is 0 Å². The summed E-state index contributed by atoms with van der Waals surface area (Å²) in [4.78, 5) is 4.89. The molecule has 2 nitrogen and oxygen atoms in total. The van der Waals surface area contributed by atoms with Crippen molar-refractivity contribution in [1.29, 1.82) is 0 Å². The van der Waals surface area contributed by atoms with E-state index in [9.17, 15) is 0 Å². The van der Waals surface area contributed by atoms with Crippen LogP contribution in [-0.2, 0) is 0 Å². The Morgan fingerprint density at radius 2 is 1.83 bits per heavy atom. The van der Waals surface area contributed by atoms with Crippen molar-refractivity contribution in [3.63, 3.8) is 0 Å². The predicted octanol–water partition coefficient (Wildman–Crippen LogP) is 4.72. The van der Waals surface area contributed by atoms with Gasteiger partial charge in [0.2, 0.25) is 5.84 Å². The standard InChI is InChI=1S/C16H31N2/c1-7-9-10-16-15(12-11-13(3)4)17-14(5)18(16,6)8-2/h13H,7-12H2,1-6H3/q+1. The number of allylic oxidation sites excluding steroid dienone is 2. The summed E-state index contributed by atoms with van der Waals surface area (Å²) < 4.78 is 0.966. The highest BCUT2D eigenvalue weighted by atomic mass is 15.4. The van der Waals surface area contributed by atoms with Gasteiger partial charge in [0.05, 0.1) is 13.6 Å². The molecule has 18 heavy (non-hydrogen) atoms. The first-order valence-electron chi connectivity index (χ1n) is 7.59. The summed E-state index contributed by atoms with van der Waals surface area (Å²) in [5.41, 5.74) is 2.97. The molecular weight excluding hydrogens is 220 g/mol. The van der Waals surface area contributed by atoms with Gasteiger partial charge in [-0.05, 0) is 32.1 Å². The molecule has 0 fully saturated rings. The van der Waals surface area contributed by atoms with Gasteiger partial charge in [0.1, 0.15) is 11.4 Å². The third kappa shape index (κ3) is 3.23. The van der Waals surface area contributed by atoms with Crippen LogP contribution in [0, 0.1) is 5.92 Å². The minimum Gasteiger partial charge on any atom is -0.251 e. The normalized spacial score (nSPS) is 24.1. The van der Waals surface area contributed by atoms with Gasteiger partial charge in [0.15, 0.2) is 0 Å². The van der Waals surface area contributed by atoms with E-state index in [1.807, 2.05) is 0 Å². The Hall–Kier alpha value is -0.630. The molecule has 0 N–H and O–H groups in total. The van der Waals surface area contributed by atoms with Crippen molar-refractivity contribution in [2.75, 3.05) is 13.6 Å². The van der Waals surface area contributed by atoms with Gasteiger partial charge in [-0.1, -0.05) is 27.2 Å². The number of hydrogen-bond donors (Lipinski definition) is 0. The van der Waals surface area contributed by atoms with Crippen molar-refractivity contribution >= 4 is 5.84 Å². The fourth-order valence-corrected chi connectivity index (χ4v) is 2.63. The number of quaternary nitrogens is 1. The van der Waals surface area contributed by atoms with Crippen molar-refractivity contribution in [3.8, 4) is 0 Å². The second-order valence-corrected chi connectivity index (χ2v) is 6.10. The predicted molar refractivity (Wildman–Crippen MR) is 80.5 cm³/mol. The van der Waals surface area contributed by atoms with Gasteiger partial charge < -0.3 is 0 Å². The largest absolute Gasteiger partial charge is 0.251 e. The number of aliphatic imine (C=N–C) groups is 1. The monoisotopic (exact) mass is 251 g/mol. The first-order valence-corrected chi connectivity index (χ1v) is 7.59. The lowest BCUT2D eigenvalue weighted by Crippen LogP contribution is -2.44. The average molecular weight is 251 g/mol. The van der Waals surface area contributed by atoms with Gasteiger partial charge in [0, 0.05) is 13.3 Å². The molecule has 1 aliphatic heterocycles. The maximum atomic E-state index is 4.89. The highest BCUT2D eigenvalue weighted by molar-refractivity contribution is 5.77. The van der Waals surface area contributed by atoms with Crippen LogP contribution in [0.2, 0.25) is 0 Å². The van der Waals surface area contributed by atoms with Crippen LogP contribution in [0.4, 0.5) is 0 Å². The molecule has 104 valence electrons. The Morgan fingerprint density at radius 3 is 2.33 bits per heavy atom. The molecule has 1 aliphatic rings. The molecule has 0 radical (unpaired) electrons. The maximum Gasteiger partial charge on any atom is 0.204 e. The molecule has 0 aromatic heterocycles. The van der Waals surface area contributed by atoms with Crippen LogP contribution < -0.4 is 0 Å². The summed E-state index contributed by atoms with van der Waals surface area (Å²) in [5.74, 6) is 2.05. The van der Waals surface area contributed by atoms with Gasteiger partial charge in [-0.25, -0.2) is 0 Å². The van der Waals surface area contributed by atoms with Gasteiger partial charge in [-0.2, -0.15) is 4.99 Å².